The molecule has 1 aliphatic heterocycles. The number of hydrogen-bond acceptors (Lipinski definition) is 3. The molecule has 1 aliphatic rings. The van der Waals surface area contributed by atoms with Crippen molar-refractivity contribution in [1.82, 2.24) is 4.90 Å². The molecule has 2 unspecified atom stereocenters. The predicted octanol–water partition coefficient (Wildman–Crippen LogP) is 2.17. The second kappa shape index (κ2) is 5.29. The van der Waals surface area contributed by atoms with Crippen LogP contribution in [0.2, 0.25) is 0 Å². The molecule has 0 amide bonds. The van der Waals surface area contributed by atoms with Crippen molar-refractivity contribution in [3.63, 3.8) is 0 Å². The summed E-state index contributed by atoms with van der Waals surface area (Å²) in [6.07, 6.45) is 0.0737. The summed E-state index contributed by atoms with van der Waals surface area (Å²) in [5.74, 6) is 0. The van der Waals surface area contributed by atoms with E-state index in [1.54, 1.807) is 0 Å². The molecule has 3 heteroatoms. The van der Waals surface area contributed by atoms with E-state index in [9.17, 15) is 0 Å². The van der Waals surface area contributed by atoms with Gasteiger partial charge in [0.1, 0.15) is 0 Å². The zero-order chi connectivity index (χ0) is 13.2. The van der Waals surface area contributed by atoms with E-state index in [0.29, 0.717) is 6.54 Å². The SMILES string of the molecule is CN1CCOC(CN)C1c1cccc2ccccc12. The Kier molecular flexibility index (Phi) is 3.51. The normalized spacial score (nSPS) is 24.7. The highest BCUT2D eigenvalue weighted by atomic mass is 16.5. The Morgan fingerprint density at radius 2 is 2.00 bits per heavy atom. The maximum absolute atomic E-state index is 5.89. The van der Waals surface area contributed by atoms with Gasteiger partial charge in [0.15, 0.2) is 0 Å². The van der Waals surface area contributed by atoms with Crippen LogP contribution in [0.1, 0.15) is 11.6 Å². The van der Waals surface area contributed by atoms with Gasteiger partial charge >= 0.3 is 0 Å². The first-order chi connectivity index (χ1) is 9.31. The van der Waals surface area contributed by atoms with E-state index in [1.165, 1.54) is 16.3 Å². The van der Waals surface area contributed by atoms with E-state index < -0.39 is 0 Å². The second-order valence-electron chi connectivity index (χ2n) is 5.14. The Balaban J connectivity index is 2.11. The van der Waals surface area contributed by atoms with Crippen LogP contribution in [0.5, 0.6) is 0 Å². The highest BCUT2D eigenvalue weighted by Crippen LogP contribution is 2.32. The fourth-order valence-electron chi connectivity index (χ4n) is 3.01. The van der Waals surface area contributed by atoms with Gasteiger partial charge in [0.25, 0.3) is 0 Å². The van der Waals surface area contributed by atoms with Gasteiger partial charge in [0.2, 0.25) is 0 Å². The summed E-state index contributed by atoms with van der Waals surface area (Å²) in [5.41, 5.74) is 7.20. The Labute approximate surface area is 114 Å². The molecule has 1 heterocycles. The van der Waals surface area contributed by atoms with Crippen LogP contribution >= 0.6 is 0 Å². The van der Waals surface area contributed by atoms with Crippen LogP contribution in [0, 0.1) is 0 Å². The van der Waals surface area contributed by atoms with E-state index in [0.717, 1.165) is 13.2 Å². The minimum Gasteiger partial charge on any atom is -0.374 e. The summed E-state index contributed by atoms with van der Waals surface area (Å²) < 4.78 is 5.85. The molecule has 3 nitrogen and oxygen atoms in total. The Morgan fingerprint density at radius 1 is 1.21 bits per heavy atom. The van der Waals surface area contributed by atoms with Crippen molar-refractivity contribution in [3.8, 4) is 0 Å². The molecule has 100 valence electrons. The minimum absolute atomic E-state index is 0.0737. The van der Waals surface area contributed by atoms with Gasteiger partial charge in [0, 0.05) is 13.1 Å². The van der Waals surface area contributed by atoms with Gasteiger partial charge in [-0.25, -0.2) is 0 Å². The van der Waals surface area contributed by atoms with Crippen molar-refractivity contribution in [2.75, 3.05) is 26.7 Å². The fraction of sp³-hybridized carbons (Fsp3) is 0.375. The van der Waals surface area contributed by atoms with Gasteiger partial charge in [-0.15, -0.1) is 0 Å². The van der Waals surface area contributed by atoms with Gasteiger partial charge < -0.3 is 10.5 Å². The van der Waals surface area contributed by atoms with Crippen molar-refractivity contribution in [2.45, 2.75) is 12.1 Å². The quantitative estimate of drug-likeness (QED) is 0.895. The highest BCUT2D eigenvalue weighted by molar-refractivity contribution is 5.86. The van der Waals surface area contributed by atoms with Crippen molar-refractivity contribution in [1.29, 1.82) is 0 Å². The third kappa shape index (κ3) is 2.25. The average Bonchev–Trinajstić information content (AvgIpc) is 2.46. The number of likely N-dealkylation sites (N-methyl/N-ethyl adjacent to an activating group) is 1. The van der Waals surface area contributed by atoms with Crippen LogP contribution in [0.3, 0.4) is 0 Å². The molecule has 2 N–H and O–H groups in total. The van der Waals surface area contributed by atoms with Crippen LogP contribution in [0.4, 0.5) is 0 Å². The average molecular weight is 256 g/mol. The van der Waals surface area contributed by atoms with Crippen molar-refractivity contribution >= 4 is 10.8 Å². The van der Waals surface area contributed by atoms with Gasteiger partial charge in [-0.2, -0.15) is 0 Å². The number of benzene rings is 2. The first kappa shape index (κ1) is 12.6. The standard InChI is InChI=1S/C16H20N2O/c1-18-9-10-19-15(11-17)16(18)14-8-4-6-12-5-2-3-7-13(12)14/h2-8,15-16H,9-11,17H2,1H3. The maximum Gasteiger partial charge on any atom is 0.0894 e. The van der Waals surface area contributed by atoms with Gasteiger partial charge in [-0.1, -0.05) is 42.5 Å². The Bertz CT molecular complexity index is 564. The molecule has 0 saturated carbocycles. The molecular formula is C16H20N2O. The zero-order valence-corrected chi connectivity index (χ0v) is 11.3. The third-order valence-corrected chi connectivity index (χ3v) is 3.98. The van der Waals surface area contributed by atoms with Crippen molar-refractivity contribution < 1.29 is 4.74 Å². The van der Waals surface area contributed by atoms with E-state index >= 15 is 0 Å². The summed E-state index contributed by atoms with van der Waals surface area (Å²) in [7, 11) is 2.15. The Morgan fingerprint density at radius 3 is 2.84 bits per heavy atom. The zero-order valence-electron chi connectivity index (χ0n) is 11.3. The van der Waals surface area contributed by atoms with Crippen molar-refractivity contribution in [3.05, 3.63) is 48.0 Å². The van der Waals surface area contributed by atoms with E-state index in [1.807, 2.05) is 0 Å². The topological polar surface area (TPSA) is 38.5 Å². The predicted molar refractivity (Wildman–Crippen MR) is 78.1 cm³/mol. The molecule has 2 atom stereocenters. The van der Waals surface area contributed by atoms with E-state index in [-0.39, 0.29) is 12.1 Å². The molecule has 2 aromatic rings. The number of hydrogen-bond donors (Lipinski definition) is 1. The number of nitrogens with two attached hydrogens (primary N) is 1. The van der Waals surface area contributed by atoms with Crippen molar-refractivity contribution in [2.24, 2.45) is 5.73 Å². The molecule has 1 saturated heterocycles. The Hall–Kier alpha value is -1.42. The maximum atomic E-state index is 5.89. The molecule has 0 aliphatic carbocycles. The third-order valence-electron chi connectivity index (χ3n) is 3.98. The summed E-state index contributed by atoms with van der Waals surface area (Å²) in [4.78, 5) is 2.35. The lowest BCUT2D eigenvalue weighted by molar-refractivity contribution is -0.0571. The smallest absolute Gasteiger partial charge is 0.0894 e. The minimum atomic E-state index is 0.0737. The molecule has 2 aromatic carbocycles. The molecule has 1 fully saturated rings. The van der Waals surface area contributed by atoms with E-state index in [2.05, 4.69) is 54.4 Å². The lowest BCUT2D eigenvalue weighted by Crippen LogP contribution is -2.46. The largest absolute Gasteiger partial charge is 0.374 e. The number of nitrogens with zero attached hydrogens (tertiary/aromatic N) is 1. The number of morpholine rings is 1. The lowest BCUT2D eigenvalue weighted by Gasteiger charge is -2.39. The first-order valence-corrected chi connectivity index (χ1v) is 6.81. The number of fused-ring (bicyclic) bond motifs is 1. The molecule has 0 radical (unpaired) electrons. The second-order valence-corrected chi connectivity index (χ2v) is 5.14. The van der Waals surface area contributed by atoms with E-state index in [4.69, 9.17) is 10.5 Å². The van der Waals surface area contributed by atoms with Crippen LogP contribution in [-0.2, 0) is 4.74 Å². The van der Waals surface area contributed by atoms with Crippen LogP contribution < -0.4 is 5.73 Å². The molecule has 19 heavy (non-hydrogen) atoms. The summed E-state index contributed by atoms with van der Waals surface area (Å²) >= 11 is 0. The fourth-order valence-corrected chi connectivity index (χ4v) is 3.01. The number of ether oxygens (including phenoxy) is 1. The molecule has 0 aromatic heterocycles. The lowest BCUT2D eigenvalue weighted by atomic mass is 9.93. The summed E-state index contributed by atoms with van der Waals surface area (Å²) in [6.45, 7) is 2.27. The molecule has 0 spiro atoms. The molecule has 0 bridgehead atoms. The number of rotatable bonds is 2. The van der Waals surface area contributed by atoms with Crippen LogP contribution in [0.25, 0.3) is 10.8 Å². The van der Waals surface area contributed by atoms with Gasteiger partial charge in [-0.05, 0) is 23.4 Å². The first-order valence-electron chi connectivity index (χ1n) is 6.81. The van der Waals surface area contributed by atoms with Crippen LogP contribution in [0.15, 0.2) is 42.5 Å². The molecular weight excluding hydrogens is 236 g/mol. The summed E-state index contributed by atoms with van der Waals surface area (Å²) in [6, 6.07) is 15.2. The summed E-state index contributed by atoms with van der Waals surface area (Å²) in [5, 5.41) is 2.57. The monoisotopic (exact) mass is 256 g/mol. The van der Waals surface area contributed by atoms with Gasteiger partial charge in [-0.3, -0.25) is 4.90 Å². The highest BCUT2D eigenvalue weighted by Gasteiger charge is 2.31. The van der Waals surface area contributed by atoms with Gasteiger partial charge in [0.05, 0.1) is 18.8 Å². The van der Waals surface area contributed by atoms with Crippen LogP contribution in [-0.4, -0.2) is 37.7 Å². The molecule has 3 rings (SSSR count).